The van der Waals surface area contributed by atoms with Crippen molar-refractivity contribution in [2.45, 2.75) is 43.5 Å². The zero-order valence-corrected chi connectivity index (χ0v) is 19.5. The van der Waals surface area contributed by atoms with E-state index < -0.39 is 10.0 Å². The van der Waals surface area contributed by atoms with Crippen LogP contribution in [0.15, 0.2) is 47.4 Å². The lowest BCUT2D eigenvalue weighted by Gasteiger charge is -2.33. The molecule has 1 saturated heterocycles. The first-order chi connectivity index (χ1) is 15.3. The highest BCUT2D eigenvalue weighted by atomic mass is 35.5. The maximum absolute atomic E-state index is 13.5. The van der Waals surface area contributed by atoms with Crippen molar-refractivity contribution < 1.29 is 18.0 Å². The molecule has 4 rings (SSSR count). The van der Waals surface area contributed by atoms with Gasteiger partial charge in [0.05, 0.1) is 21.2 Å². The topological polar surface area (TPSA) is 86.8 Å². The lowest BCUT2D eigenvalue weighted by atomic mass is 10.0. The van der Waals surface area contributed by atoms with Crippen LogP contribution in [-0.4, -0.2) is 50.8 Å². The number of anilines is 1. The van der Waals surface area contributed by atoms with Crippen LogP contribution >= 0.6 is 11.6 Å². The number of halogens is 1. The maximum atomic E-state index is 13.5. The molecule has 1 fully saturated rings. The zero-order chi connectivity index (χ0) is 22.9. The summed E-state index contributed by atoms with van der Waals surface area (Å²) in [5.41, 5.74) is 1.85. The Bertz CT molecular complexity index is 1140. The van der Waals surface area contributed by atoms with Gasteiger partial charge < -0.3 is 10.2 Å². The predicted molar refractivity (Wildman–Crippen MR) is 123 cm³/mol. The van der Waals surface area contributed by atoms with Gasteiger partial charge in [0.2, 0.25) is 5.91 Å². The largest absolute Gasteiger partial charge is 0.353 e. The summed E-state index contributed by atoms with van der Waals surface area (Å²) in [5, 5.41) is 3.10. The normalized spacial score (nSPS) is 17.1. The molecule has 170 valence electrons. The third-order valence-corrected chi connectivity index (χ3v) is 8.15. The molecule has 9 heteroatoms. The van der Waals surface area contributed by atoms with E-state index in [2.05, 4.69) is 5.32 Å². The molecule has 0 bridgehead atoms. The van der Waals surface area contributed by atoms with Crippen molar-refractivity contribution in [1.29, 1.82) is 0 Å². The third-order valence-electron chi connectivity index (χ3n) is 6.01. The minimum absolute atomic E-state index is 0.0397. The molecule has 2 aromatic rings. The van der Waals surface area contributed by atoms with Crippen molar-refractivity contribution in [2.24, 2.45) is 0 Å². The van der Waals surface area contributed by atoms with E-state index in [-0.39, 0.29) is 33.3 Å². The van der Waals surface area contributed by atoms with Gasteiger partial charge in [0.25, 0.3) is 15.9 Å². The summed E-state index contributed by atoms with van der Waals surface area (Å²) in [7, 11) is -3.84. The molecule has 0 spiro atoms. The summed E-state index contributed by atoms with van der Waals surface area (Å²) < 4.78 is 28.4. The fourth-order valence-corrected chi connectivity index (χ4v) is 6.16. The highest BCUT2D eigenvalue weighted by Gasteiger charge is 2.31. The number of hydrogen-bond acceptors (Lipinski definition) is 4. The number of nitrogens with one attached hydrogen (secondary N) is 1. The van der Waals surface area contributed by atoms with Crippen molar-refractivity contribution in [2.75, 3.05) is 23.9 Å². The summed E-state index contributed by atoms with van der Waals surface area (Å²) >= 11 is 6.31. The minimum atomic E-state index is -3.84. The number of fused-ring (bicyclic) bond motifs is 1. The molecule has 0 saturated carbocycles. The van der Waals surface area contributed by atoms with Crippen LogP contribution in [0.25, 0.3) is 0 Å². The van der Waals surface area contributed by atoms with Crippen LogP contribution in [0, 0.1) is 0 Å². The Morgan fingerprint density at radius 1 is 1.06 bits per heavy atom. The number of para-hydroxylation sites is 1. The smallest absolute Gasteiger partial charge is 0.264 e. The van der Waals surface area contributed by atoms with Gasteiger partial charge in [0, 0.05) is 32.6 Å². The number of sulfonamides is 1. The van der Waals surface area contributed by atoms with E-state index in [1.54, 1.807) is 4.90 Å². The Labute approximate surface area is 193 Å². The van der Waals surface area contributed by atoms with Gasteiger partial charge >= 0.3 is 0 Å². The molecular weight excluding hydrogens is 450 g/mol. The molecule has 2 aromatic carbocycles. The summed E-state index contributed by atoms with van der Waals surface area (Å²) in [4.78, 5) is 26.1. The van der Waals surface area contributed by atoms with Gasteiger partial charge in [0.1, 0.15) is 0 Å². The number of benzene rings is 2. The van der Waals surface area contributed by atoms with Gasteiger partial charge in [-0.1, -0.05) is 29.8 Å². The fraction of sp³-hybridized carbons (Fsp3) is 0.391. The molecule has 2 aliphatic rings. The lowest BCUT2D eigenvalue weighted by molar-refractivity contribution is -0.119. The number of carbonyl (C=O) groups excluding carboxylic acids is 2. The van der Waals surface area contributed by atoms with E-state index in [1.807, 2.05) is 24.3 Å². The Morgan fingerprint density at radius 3 is 2.50 bits per heavy atom. The number of piperidine rings is 1. The van der Waals surface area contributed by atoms with Crippen molar-refractivity contribution in [3.05, 3.63) is 58.6 Å². The molecule has 0 aliphatic carbocycles. The van der Waals surface area contributed by atoms with E-state index in [1.165, 1.54) is 29.4 Å². The average Bonchev–Trinajstić information content (AvgIpc) is 2.78. The number of amides is 2. The SMILES string of the molecule is CC(=O)NC1CCN(C(=O)c2cc(S(=O)(=O)N3CCCc4ccccc43)ccc2Cl)CC1. The van der Waals surface area contributed by atoms with E-state index in [0.717, 1.165) is 18.4 Å². The molecule has 7 nitrogen and oxygen atoms in total. The van der Waals surface area contributed by atoms with Crippen molar-refractivity contribution in [3.8, 4) is 0 Å². The van der Waals surface area contributed by atoms with Crippen LogP contribution in [0.2, 0.25) is 5.02 Å². The number of likely N-dealkylation sites (tertiary alicyclic amines) is 1. The highest BCUT2D eigenvalue weighted by Crippen LogP contribution is 2.33. The second-order valence-electron chi connectivity index (χ2n) is 8.22. The van der Waals surface area contributed by atoms with Gasteiger partial charge in [-0.05, 0) is 55.5 Å². The molecule has 2 aliphatic heterocycles. The zero-order valence-electron chi connectivity index (χ0n) is 17.9. The highest BCUT2D eigenvalue weighted by molar-refractivity contribution is 7.92. The fourth-order valence-electron chi connectivity index (χ4n) is 4.39. The first kappa shape index (κ1) is 22.6. The average molecular weight is 476 g/mol. The minimum Gasteiger partial charge on any atom is -0.353 e. The van der Waals surface area contributed by atoms with Gasteiger partial charge in [-0.25, -0.2) is 8.42 Å². The number of aryl methyl sites for hydroxylation is 1. The number of hydrogen-bond donors (Lipinski definition) is 1. The third kappa shape index (κ3) is 4.47. The van der Waals surface area contributed by atoms with E-state index in [4.69, 9.17) is 11.6 Å². The van der Waals surface area contributed by atoms with Crippen LogP contribution in [0.1, 0.15) is 42.1 Å². The van der Waals surface area contributed by atoms with E-state index in [9.17, 15) is 18.0 Å². The molecule has 0 radical (unpaired) electrons. The summed E-state index contributed by atoms with van der Waals surface area (Å²) in [6.07, 6.45) is 2.86. The molecule has 2 amide bonds. The Balaban J connectivity index is 1.58. The van der Waals surface area contributed by atoms with Crippen LogP contribution in [0.5, 0.6) is 0 Å². The Hall–Kier alpha value is -2.58. The van der Waals surface area contributed by atoms with Crippen molar-refractivity contribution >= 4 is 39.1 Å². The quantitative estimate of drug-likeness (QED) is 0.735. The molecule has 0 unspecified atom stereocenters. The Kier molecular flexibility index (Phi) is 6.44. The molecule has 32 heavy (non-hydrogen) atoms. The second kappa shape index (κ2) is 9.11. The summed E-state index contributed by atoms with van der Waals surface area (Å²) in [5.74, 6) is -0.387. The first-order valence-electron chi connectivity index (χ1n) is 10.7. The second-order valence-corrected chi connectivity index (χ2v) is 10.5. The number of nitrogens with zero attached hydrogens (tertiary/aromatic N) is 2. The molecule has 2 heterocycles. The maximum Gasteiger partial charge on any atom is 0.264 e. The lowest BCUT2D eigenvalue weighted by Crippen LogP contribution is -2.46. The van der Waals surface area contributed by atoms with E-state index >= 15 is 0 Å². The standard InChI is InChI=1S/C23H26ClN3O4S/c1-16(28)25-18-10-13-26(14-11-18)23(29)20-15-19(8-9-21(20)24)32(30,31)27-12-4-6-17-5-2-3-7-22(17)27/h2-3,5,7-9,15,18H,4,6,10-14H2,1H3,(H,25,28). The summed E-state index contributed by atoms with van der Waals surface area (Å²) in [6.45, 7) is 2.80. The van der Waals surface area contributed by atoms with Crippen LogP contribution in [0.4, 0.5) is 5.69 Å². The molecule has 1 N–H and O–H groups in total. The first-order valence-corrected chi connectivity index (χ1v) is 12.6. The molecular formula is C23H26ClN3O4S. The monoisotopic (exact) mass is 475 g/mol. The summed E-state index contributed by atoms with van der Waals surface area (Å²) in [6, 6.07) is 11.8. The van der Waals surface area contributed by atoms with Gasteiger partial charge in [0.15, 0.2) is 0 Å². The van der Waals surface area contributed by atoms with E-state index in [0.29, 0.717) is 38.2 Å². The predicted octanol–water partition coefficient (Wildman–Crippen LogP) is 3.22. The van der Waals surface area contributed by atoms with Crippen LogP contribution in [0.3, 0.4) is 0 Å². The Morgan fingerprint density at radius 2 is 1.78 bits per heavy atom. The number of carbonyl (C=O) groups is 2. The van der Waals surface area contributed by atoms with Gasteiger partial charge in [-0.3, -0.25) is 13.9 Å². The number of rotatable bonds is 4. The van der Waals surface area contributed by atoms with Crippen LogP contribution < -0.4 is 9.62 Å². The molecule has 0 atom stereocenters. The van der Waals surface area contributed by atoms with Gasteiger partial charge in [-0.15, -0.1) is 0 Å². The van der Waals surface area contributed by atoms with Crippen molar-refractivity contribution in [3.63, 3.8) is 0 Å². The van der Waals surface area contributed by atoms with Crippen molar-refractivity contribution in [1.82, 2.24) is 10.2 Å². The van der Waals surface area contributed by atoms with Crippen LogP contribution in [-0.2, 0) is 21.2 Å². The molecule has 0 aromatic heterocycles. The van der Waals surface area contributed by atoms with Gasteiger partial charge in [-0.2, -0.15) is 0 Å².